The number of nitrogens with zero attached hydrogens (tertiary/aromatic N) is 4. The number of ether oxygens (including phenoxy) is 2. The number of piperazine rings is 1. The number of likely N-dealkylation sites (N-methyl/N-ethyl adjacent to an activating group) is 1. The van der Waals surface area contributed by atoms with E-state index in [4.69, 9.17) is 9.47 Å². The van der Waals surface area contributed by atoms with Crippen molar-refractivity contribution in [3.05, 3.63) is 80.4 Å². The normalized spacial score (nSPS) is 26.6. The van der Waals surface area contributed by atoms with Crippen LogP contribution in [-0.4, -0.2) is 75.2 Å². The van der Waals surface area contributed by atoms with E-state index < -0.39 is 23.9 Å². The van der Waals surface area contributed by atoms with Crippen LogP contribution in [0.5, 0.6) is 23.0 Å². The summed E-state index contributed by atoms with van der Waals surface area (Å²) in [6.45, 7) is 5.61. The SMILES string of the molecule is Cc1cc2c(c(O)c1C)[C@@H]1C3Cc4c(O)c(C)c5c(c4[C@H](CN4C(=O)c6ccccc6C4=O)N3[C@@H](C#N)[C@@H](C2)N1C)OCO5. The minimum atomic E-state index is -0.675. The minimum absolute atomic E-state index is 0.0230. The number of aromatic hydroxyl groups is 2. The molecule has 0 aromatic heterocycles. The monoisotopic (exact) mass is 592 g/mol. The Labute approximate surface area is 254 Å². The molecule has 2 amide bonds. The standard InChI is InChI=1S/C34H32N4O6/c1-15-9-18-10-22-24(12-35)38-23(28(36(22)4)26(18)30(40)16(15)2)11-21-27(32-31(43-14-44-32)17(3)29(21)39)25(38)13-37-33(41)19-7-5-6-8-20(19)34(37)42/h5-9,22-25,28,39-40H,10-11,13-14H2,1-4H3/t22-,23?,24+,25+,28+/m1/s1. The third-order valence-corrected chi connectivity index (χ3v) is 10.7. The molecule has 8 rings (SSSR count). The number of rotatable bonds is 2. The van der Waals surface area contributed by atoms with Crippen LogP contribution in [0.25, 0.3) is 0 Å². The number of phenols is 2. The average Bonchev–Trinajstić information content (AvgIpc) is 3.59. The lowest BCUT2D eigenvalue weighted by molar-refractivity contribution is -0.0757. The highest BCUT2D eigenvalue weighted by atomic mass is 16.7. The van der Waals surface area contributed by atoms with Crippen LogP contribution in [0, 0.1) is 32.1 Å². The Morgan fingerprint density at radius 2 is 1.61 bits per heavy atom. The maximum absolute atomic E-state index is 13.7. The number of amides is 2. The number of carbonyl (C=O) groups is 2. The van der Waals surface area contributed by atoms with E-state index >= 15 is 0 Å². The minimum Gasteiger partial charge on any atom is -0.507 e. The molecule has 10 nitrogen and oxygen atoms in total. The Morgan fingerprint density at radius 1 is 0.932 bits per heavy atom. The highest BCUT2D eigenvalue weighted by Gasteiger charge is 2.57. The van der Waals surface area contributed by atoms with Crippen LogP contribution in [0.4, 0.5) is 0 Å². The number of fused-ring (bicyclic) bond motifs is 10. The molecule has 10 heteroatoms. The van der Waals surface area contributed by atoms with Gasteiger partial charge in [0.05, 0.1) is 29.3 Å². The van der Waals surface area contributed by atoms with Crippen LogP contribution in [-0.2, 0) is 12.8 Å². The molecule has 0 aliphatic carbocycles. The molecule has 1 fully saturated rings. The summed E-state index contributed by atoms with van der Waals surface area (Å²) in [6, 6.07) is 9.28. The summed E-state index contributed by atoms with van der Waals surface area (Å²) in [5.74, 6) is 0.455. The zero-order valence-corrected chi connectivity index (χ0v) is 24.9. The fraction of sp³-hybridized carbons (Fsp3) is 0.382. The van der Waals surface area contributed by atoms with E-state index in [2.05, 4.69) is 21.9 Å². The van der Waals surface area contributed by atoms with Crippen molar-refractivity contribution in [3.63, 3.8) is 0 Å². The van der Waals surface area contributed by atoms with Gasteiger partial charge in [-0.25, -0.2) is 0 Å². The Bertz CT molecular complexity index is 1830. The molecule has 0 saturated carbocycles. The second-order valence-electron chi connectivity index (χ2n) is 12.6. The van der Waals surface area contributed by atoms with Crippen molar-refractivity contribution in [1.29, 1.82) is 5.26 Å². The summed E-state index contributed by atoms with van der Waals surface area (Å²) in [4.78, 5) is 32.9. The van der Waals surface area contributed by atoms with E-state index in [0.717, 1.165) is 22.3 Å². The van der Waals surface area contributed by atoms with Crippen LogP contribution in [0.15, 0.2) is 30.3 Å². The molecule has 3 aromatic rings. The topological polar surface area (TPSA) is 127 Å². The van der Waals surface area contributed by atoms with Crippen LogP contribution in [0.1, 0.15) is 71.7 Å². The number of hydrogen-bond acceptors (Lipinski definition) is 9. The van der Waals surface area contributed by atoms with Gasteiger partial charge in [-0.1, -0.05) is 18.2 Å². The van der Waals surface area contributed by atoms with Gasteiger partial charge in [-0.2, -0.15) is 5.26 Å². The average molecular weight is 593 g/mol. The zero-order valence-electron chi connectivity index (χ0n) is 24.9. The van der Waals surface area contributed by atoms with Crippen molar-refractivity contribution in [2.45, 2.75) is 63.8 Å². The number of benzene rings is 3. The number of hydrogen-bond donors (Lipinski definition) is 2. The quantitative estimate of drug-likeness (QED) is 0.427. The predicted molar refractivity (Wildman–Crippen MR) is 158 cm³/mol. The first kappa shape index (κ1) is 27.0. The summed E-state index contributed by atoms with van der Waals surface area (Å²) in [5, 5.41) is 34.0. The third-order valence-electron chi connectivity index (χ3n) is 10.7. The fourth-order valence-electron chi connectivity index (χ4n) is 8.46. The van der Waals surface area contributed by atoms with E-state index in [9.17, 15) is 25.1 Å². The lowest BCUT2D eigenvalue weighted by atomic mass is 9.71. The molecule has 44 heavy (non-hydrogen) atoms. The zero-order chi connectivity index (χ0) is 30.8. The highest BCUT2D eigenvalue weighted by Crippen LogP contribution is 2.58. The molecule has 1 saturated heterocycles. The van der Waals surface area contributed by atoms with E-state index in [1.807, 2.05) is 20.9 Å². The first-order chi connectivity index (χ1) is 21.1. The summed E-state index contributed by atoms with van der Waals surface area (Å²) in [5.41, 5.74) is 6.19. The first-order valence-corrected chi connectivity index (χ1v) is 14.9. The number of phenolic OH excluding ortho intramolecular Hbond substituents is 2. The van der Waals surface area contributed by atoms with E-state index in [-0.39, 0.29) is 43.0 Å². The van der Waals surface area contributed by atoms with E-state index in [1.165, 1.54) is 4.90 Å². The molecule has 5 aliphatic heterocycles. The summed E-state index contributed by atoms with van der Waals surface area (Å²) >= 11 is 0. The second-order valence-corrected chi connectivity index (χ2v) is 12.6. The molecule has 5 aliphatic rings. The van der Waals surface area contributed by atoms with Gasteiger partial charge in [-0.3, -0.25) is 24.3 Å². The lowest BCUT2D eigenvalue weighted by Gasteiger charge is -2.60. The smallest absolute Gasteiger partial charge is 0.261 e. The lowest BCUT2D eigenvalue weighted by Crippen LogP contribution is -2.68. The number of aryl methyl sites for hydroxylation is 1. The summed E-state index contributed by atoms with van der Waals surface area (Å²) in [7, 11) is 1.99. The van der Waals surface area contributed by atoms with Crippen LogP contribution >= 0.6 is 0 Å². The van der Waals surface area contributed by atoms with Gasteiger partial charge in [0.25, 0.3) is 11.8 Å². The van der Waals surface area contributed by atoms with Gasteiger partial charge in [-0.05, 0) is 69.5 Å². The number of nitriles is 1. The maximum atomic E-state index is 13.7. The molecule has 5 heterocycles. The molecular formula is C34H32N4O6. The number of carbonyl (C=O) groups excluding carboxylic acids is 2. The molecular weight excluding hydrogens is 560 g/mol. The van der Waals surface area contributed by atoms with Gasteiger partial charge in [0, 0.05) is 40.9 Å². The first-order valence-electron chi connectivity index (χ1n) is 14.9. The van der Waals surface area contributed by atoms with Gasteiger partial charge in [0.15, 0.2) is 11.5 Å². The molecule has 3 aromatic carbocycles. The van der Waals surface area contributed by atoms with Crippen molar-refractivity contribution in [3.8, 4) is 29.1 Å². The summed E-state index contributed by atoms with van der Waals surface area (Å²) in [6.07, 6.45) is 0.922. The van der Waals surface area contributed by atoms with Gasteiger partial charge < -0.3 is 19.7 Å². The van der Waals surface area contributed by atoms with Crippen LogP contribution in [0.2, 0.25) is 0 Å². The van der Waals surface area contributed by atoms with Crippen LogP contribution < -0.4 is 9.47 Å². The van der Waals surface area contributed by atoms with Gasteiger partial charge in [-0.15, -0.1) is 0 Å². The maximum Gasteiger partial charge on any atom is 0.261 e. The summed E-state index contributed by atoms with van der Waals surface area (Å²) < 4.78 is 11.8. The highest BCUT2D eigenvalue weighted by molar-refractivity contribution is 6.21. The molecule has 0 radical (unpaired) electrons. The van der Waals surface area contributed by atoms with Crippen molar-refractivity contribution >= 4 is 11.8 Å². The van der Waals surface area contributed by atoms with Crippen molar-refractivity contribution in [2.24, 2.45) is 0 Å². The molecule has 2 N–H and O–H groups in total. The van der Waals surface area contributed by atoms with Gasteiger partial charge in [0.1, 0.15) is 17.5 Å². The van der Waals surface area contributed by atoms with Gasteiger partial charge >= 0.3 is 0 Å². The second kappa shape index (κ2) is 9.21. The fourth-order valence-corrected chi connectivity index (χ4v) is 8.46. The molecule has 0 spiro atoms. The Balaban J connectivity index is 1.35. The molecule has 1 unspecified atom stereocenters. The van der Waals surface area contributed by atoms with Crippen LogP contribution in [0.3, 0.4) is 0 Å². The van der Waals surface area contributed by atoms with E-state index in [1.54, 1.807) is 31.2 Å². The predicted octanol–water partition coefficient (Wildman–Crippen LogP) is 3.82. The Morgan fingerprint density at radius 3 is 2.30 bits per heavy atom. The largest absolute Gasteiger partial charge is 0.507 e. The third kappa shape index (κ3) is 3.31. The van der Waals surface area contributed by atoms with Crippen molar-refractivity contribution < 1.29 is 29.3 Å². The number of imide groups is 1. The van der Waals surface area contributed by atoms with E-state index in [0.29, 0.717) is 52.2 Å². The van der Waals surface area contributed by atoms with Gasteiger partial charge in [0.2, 0.25) is 6.79 Å². The molecule has 5 atom stereocenters. The Hall–Kier alpha value is -4.59. The molecule has 224 valence electrons. The van der Waals surface area contributed by atoms with Crippen molar-refractivity contribution in [2.75, 3.05) is 20.4 Å². The van der Waals surface area contributed by atoms with Crippen molar-refractivity contribution in [1.82, 2.24) is 14.7 Å². The molecule has 2 bridgehead atoms. The Kier molecular flexibility index (Phi) is 5.65.